The fourth-order valence-electron chi connectivity index (χ4n) is 4.25. The van der Waals surface area contributed by atoms with Crippen molar-refractivity contribution >= 4 is 55.3 Å². The van der Waals surface area contributed by atoms with Gasteiger partial charge in [-0.25, -0.2) is 32.2 Å². The van der Waals surface area contributed by atoms with Gasteiger partial charge >= 0.3 is 0 Å². The van der Waals surface area contributed by atoms with E-state index >= 15 is 0 Å². The van der Waals surface area contributed by atoms with E-state index in [-0.39, 0.29) is 27.4 Å². The Morgan fingerprint density at radius 1 is 1.10 bits per heavy atom. The van der Waals surface area contributed by atoms with E-state index in [2.05, 4.69) is 35.7 Å². The number of aromatic nitrogens is 6. The number of thiazole rings is 1. The lowest BCUT2D eigenvalue weighted by atomic mass is 10.2. The predicted molar refractivity (Wildman–Crippen MR) is 143 cm³/mol. The number of sulfone groups is 1. The van der Waals surface area contributed by atoms with Crippen molar-refractivity contribution in [2.75, 3.05) is 23.5 Å². The quantitative estimate of drug-likeness (QED) is 0.247. The zero-order valence-corrected chi connectivity index (χ0v) is 22.3. The van der Waals surface area contributed by atoms with Crippen molar-refractivity contribution < 1.29 is 21.9 Å². The molecule has 1 aromatic carbocycles. The molecule has 15 heteroatoms. The number of nitrogens with zero attached hydrogens (tertiary/aromatic N) is 5. The Bertz CT molecular complexity index is 1790. The Morgan fingerprint density at radius 2 is 1.95 bits per heavy atom. The van der Waals surface area contributed by atoms with Gasteiger partial charge in [0.25, 0.3) is 6.43 Å². The molecule has 0 fully saturated rings. The Balaban J connectivity index is 1.42. The van der Waals surface area contributed by atoms with Gasteiger partial charge < -0.3 is 20.4 Å². The molecule has 0 aliphatic carbocycles. The number of alkyl halides is 2. The Hall–Kier alpha value is -3.95. The molecular weight excluding hydrogens is 550 g/mol. The predicted octanol–water partition coefficient (Wildman–Crippen LogP) is 4.94. The first-order valence-corrected chi connectivity index (χ1v) is 14.5. The van der Waals surface area contributed by atoms with Gasteiger partial charge in [0.2, 0.25) is 0 Å². The van der Waals surface area contributed by atoms with Gasteiger partial charge in [-0.1, -0.05) is 0 Å². The van der Waals surface area contributed by atoms with Crippen molar-refractivity contribution in [3.05, 3.63) is 52.9 Å². The molecule has 6 rings (SSSR count). The van der Waals surface area contributed by atoms with Crippen LogP contribution in [0.5, 0.6) is 0 Å². The van der Waals surface area contributed by atoms with Crippen LogP contribution in [0.25, 0.3) is 21.7 Å². The van der Waals surface area contributed by atoms with Gasteiger partial charge in [-0.3, -0.25) is 4.68 Å². The van der Waals surface area contributed by atoms with E-state index in [4.69, 9.17) is 4.74 Å². The van der Waals surface area contributed by atoms with Gasteiger partial charge in [-0.2, -0.15) is 5.10 Å². The average Bonchev–Trinajstić information content (AvgIpc) is 3.61. The van der Waals surface area contributed by atoms with Crippen molar-refractivity contribution in [1.29, 1.82) is 0 Å². The monoisotopic (exact) mass is 572 g/mol. The number of pyridine rings is 1. The Labute approximate surface area is 225 Å². The normalized spacial score (nSPS) is 13.7. The second-order valence-electron chi connectivity index (χ2n) is 9.00. The van der Waals surface area contributed by atoms with E-state index in [1.807, 2.05) is 23.1 Å². The number of hydrogen-bond donors (Lipinski definition) is 3. The molecule has 1 aliphatic heterocycles. The molecule has 0 bridgehead atoms. The third-order valence-electron chi connectivity index (χ3n) is 6.01. The summed E-state index contributed by atoms with van der Waals surface area (Å²) in [6.07, 6.45) is -1.75. The lowest BCUT2D eigenvalue weighted by Crippen LogP contribution is -2.16. The summed E-state index contributed by atoms with van der Waals surface area (Å²) in [4.78, 5) is 15.4. The van der Waals surface area contributed by atoms with E-state index in [9.17, 15) is 17.2 Å². The number of aryl methyl sites for hydroxylation is 1. The first kappa shape index (κ1) is 25.3. The zero-order valence-electron chi connectivity index (χ0n) is 20.7. The van der Waals surface area contributed by atoms with Crippen molar-refractivity contribution in [3.8, 4) is 10.6 Å². The summed E-state index contributed by atoms with van der Waals surface area (Å²) in [6.45, 7) is 3.45. The van der Waals surface area contributed by atoms with Crippen LogP contribution in [0.4, 0.5) is 31.8 Å². The molecule has 0 spiro atoms. The fourth-order valence-corrected chi connectivity index (χ4v) is 5.91. The second-order valence-corrected chi connectivity index (χ2v) is 11.8. The van der Waals surface area contributed by atoms with Crippen LogP contribution in [0.3, 0.4) is 0 Å². The van der Waals surface area contributed by atoms with Gasteiger partial charge in [0.05, 0.1) is 41.7 Å². The number of anilines is 4. The van der Waals surface area contributed by atoms with E-state index in [0.717, 1.165) is 17.6 Å². The maximum absolute atomic E-state index is 13.5. The van der Waals surface area contributed by atoms with E-state index in [1.165, 1.54) is 11.3 Å². The summed E-state index contributed by atoms with van der Waals surface area (Å²) in [5, 5.41) is 13.2. The molecule has 0 radical (unpaired) electrons. The van der Waals surface area contributed by atoms with Crippen LogP contribution >= 0.6 is 11.3 Å². The third kappa shape index (κ3) is 5.07. The van der Waals surface area contributed by atoms with Gasteiger partial charge in [-0.15, -0.1) is 11.3 Å². The summed E-state index contributed by atoms with van der Waals surface area (Å²) >= 11 is 1.41. The van der Waals surface area contributed by atoms with Crippen LogP contribution in [-0.4, -0.2) is 51.0 Å². The number of fused-ring (bicyclic) bond motifs is 2. The highest BCUT2D eigenvalue weighted by molar-refractivity contribution is 7.90. The van der Waals surface area contributed by atoms with Crippen LogP contribution < -0.4 is 10.6 Å². The van der Waals surface area contributed by atoms with E-state index < -0.39 is 22.1 Å². The summed E-state index contributed by atoms with van der Waals surface area (Å²) in [5.74, 6) is 0.244. The van der Waals surface area contributed by atoms with E-state index in [1.54, 1.807) is 24.3 Å². The number of H-pyrrole nitrogens is 1. The maximum Gasteiger partial charge on any atom is 0.295 e. The number of aromatic amines is 1. The first-order valence-electron chi connectivity index (χ1n) is 11.8. The van der Waals surface area contributed by atoms with Crippen LogP contribution in [0, 0.1) is 6.92 Å². The number of nitrogens with one attached hydrogen (secondary N) is 3. The number of halogens is 2. The topological polar surface area (TPSA) is 140 Å². The van der Waals surface area contributed by atoms with Crippen LogP contribution in [0.2, 0.25) is 0 Å². The van der Waals surface area contributed by atoms with Gasteiger partial charge in [0.1, 0.15) is 16.3 Å². The lowest BCUT2D eigenvalue weighted by molar-refractivity contribution is 0.0801. The van der Waals surface area contributed by atoms with Crippen molar-refractivity contribution in [2.45, 2.75) is 31.4 Å². The largest absolute Gasteiger partial charge is 0.373 e. The third-order valence-corrected chi connectivity index (χ3v) is 8.16. The summed E-state index contributed by atoms with van der Waals surface area (Å²) in [5.41, 5.74) is 3.13. The first-order chi connectivity index (χ1) is 18.6. The standard InChI is InChI=1S/C24H22F2N8O3S2/c1-12-11-38-24(27-12)13-3-4-15(17(7-13)39(2,35)36)28-16-9-18(30-22-20(16)31-23(32-22)21(25)26)29-19-8-14-10-37-6-5-34(14)33-19/h3-4,7-9,11,21H,5-6,10H2,1-2H3,(H3,28,29,30,31,32,33). The Morgan fingerprint density at radius 3 is 2.67 bits per heavy atom. The lowest BCUT2D eigenvalue weighted by Gasteiger charge is -2.14. The molecule has 11 nitrogen and oxygen atoms in total. The second kappa shape index (κ2) is 9.66. The number of hydrogen-bond acceptors (Lipinski definition) is 10. The Kier molecular flexibility index (Phi) is 6.28. The van der Waals surface area contributed by atoms with Crippen LogP contribution in [-0.2, 0) is 27.7 Å². The van der Waals surface area contributed by atoms with E-state index in [0.29, 0.717) is 42.0 Å². The minimum atomic E-state index is -3.69. The SMILES string of the molecule is Cc1csc(-c2ccc(Nc3cc(Nc4cc5n(n4)CCOC5)nc4[nH]c(C(F)F)nc34)c(S(C)(=O)=O)c2)n1. The molecule has 0 amide bonds. The van der Waals surface area contributed by atoms with Crippen molar-refractivity contribution in [2.24, 2.45) is 0 Å². The van der Waals surface area contributed by atoms with Crippen molar-refractivity contribution in [1.82, 2.24) is 29.7 Å². The van der Waals surface area contributed by atoms with Crippen LogP contribution in [0.1, 0.15) is 23.6 Å². The molecule has 4 aromatic heterocycles. The minimum absolute atomic E-state index is 0.0266. The summed E-state index contributed by atoms with van der Waals surface area (Å²) in [6, 6.07) is 8.29. The molecule has 0 unspecified atom stereocenters. The molecule has 3 N–H and O–H groups in total. The van der Waals surface area contributed by atoms with Gasteiger partial charge in [0, 0.05) is 35.0 Å². The molecule has 5 heterocycles. The molecule has 202 valence electrons. The number of benzene rings is 1. The molecule has 1 aliphatic rings. The highest BCUT2D eigenvalue weighted by Gasteiger charge is 2.21. The minimum Gasteiger partial charge on any atom is -0.373 e. The molecule has 5 aromatic rings. The van der Waals surface area contributed by atoms with Crippen molar-refractivity contribution in [3.63, 3.8) is 0 Å². The number of imidazole rings is 1. The maximum atomic E-state index is 13.5. The molecule has 0 atom stereocenters. The van der Waals surface area contributed by atoms with Gasteiger partial charge in [-0.05, 0) is 25.1 Å². The van der Waals surface area contributed by atoms with Crippen LogP contribution in [0.15, 0.2) is 40.6 Å². The molecular formula is C24H22F2N8O3S2. The highest BCUT2D eigenvalue weighted by atomic mass is 32.2. The average molecular weight is 573 g/mol. The zero-order chi connectivity index (χ0) is 27.3. The number of rotatable bonds is 7. The fraction of sp³-hybridized carbons (Fsp3) is 0.250. The molecule has 0 saturated heterocycles. The highest BCUT2D eigenvalue weighted by Crippen LogP contribution is 2.35. The smallest absolute Gasteiger partial charge is 0.295 e. The molecule has 0 saturated carbocycles. The summed E-state index contributed by atoms with van der Waals surface area (Å²) in [7, 11) is -3.69. The summed E-state index contributed by atoms with van der Waals surface area (Å²) < 4.78 is 59.8. The number of ether oxygens (including phenoxy) is 1. The molecule has 39 heavy (non-hydrogen) atoms. The van der Waals surface area contributed by atoms with Gasteiger partial charge in [0.15, 0.2) is 27.1 Å².